The molecule has 0 aliphatic heterocycles. The number of aromatic nitrogens is 1. The Hall–Kier alpha value is -3.17. The number of nitriles is 1. The maximum absolute atomic E-state index is 11.8. The van der Waals surface area contributed by atoms with Gasteiger partial charge in [0, 0.05) is 5.56 Å². The summed E-state index contributed by atoms with van der Waals surface area (Å²) in [5, 5.41) is 19.7. The number of rotatable bonds is 5. The van der Waals surface area contributed by atoms with Crippen molar-refractivity contribution in [3.05, 3.63) is 59.5 Å². The predicted octanol–water partition coefficient (Wildman–Crippen LogP) is 5.64. The molecule has 0 bridgehead atoms. The smallest absolute Gasteiger partial charge is 0.348 e. The topological polar surface area (TPSA) is 83.2 Å². The van der Waals surface area contributed by atoms with Crippen LogP contribution < -0.4 is 4.74 Å². The van der Waals surface area contributed by atoms with Gasteiger partial charge in [0.05, 0.1) is 23.2 Å². The number of hydrogen-bond donors (Lipinski definition) is 1. The molecule has 0 amide bonds. The average Bonchev–Trinajstić information content (AvgIpc) is 3.21. The molecule has 3 aromatic rings. The molecular weight excluding hydrogens is 384 g/mol. The molecule has 146 valence electrons. The van der Waals surface area contributed by atoms with Gasteiger partial charge in [-0.15, -0.1) is 11.3 Å². The number of carboxylic acid groups (broad SMARTS) is 1. The van der Waals surface area contributed by atoms with E-state index in [1.807, 2.05) is 54.6 Å². The molecule has 0 saturated heterocycles. The molecule has 1 heterocycles. The molecule has 1 saturated carbocycles. The van der Waals surface area contributed by atoms with Gasteiger partial charge in [0.1, 0.15) is 21.7 Å². The summed E-state index contributed by atoms with van der Waals surface area (Å²) in [6.45, 7) is 0. The monoisotopic (exact) mass is 404 g/mol. The number of thiazole rings is 1. The number of ether oxygens (including phenoxy) is 1. The van der Waals surface area contributed by atoms with Gasteiger partial charge in [-0.05, 0) is 31.4 Å². The van der Waals surface area contributed by atoms with Crippen LogP contribution in [0.4, 0.5) is 0 Å². The first kappa shape index (κ1) is 19.2. The lowest BCUT2D eigenvalue weighted by Crippen LogP contribution is -2.29. The molecule has 1 N–H and O–H groups in total. The van der Waals surface area contributed by atoms with Crippen molar-refractivity contribution < 1.29 is 14.6 Å². The molecular formula is C23H20N2O3S. The Morgan fingerprint density at radius 1 is 1.10 bits per heavy atom. The van der Waals surface area contributed by atoms with E-state index in [-0.39, 0.29) is 16.9 Å². The molecule has 2 aromatic carbocycles. The van der Waals surface area contributed by atoms with E-state index in [9.17, 15) is 15.2 Å². The van der Waals surface area contributed by atoms with Crippen LogP contribution in [0.2, 0.25) is 0 Å². The highest BCUT2D eigenvalue weighted by Crippen LogP contribution is 2.39. The Kier molecular flexibility index (Phi) is 5.59. The van der Waals surface area contributed by atoms with Crippen LogP contribution in [-0.2, 0) is 0 Å². The molecule has 1 aliphatic carbocycles. The zero-order valence-corrected chi connectivity index (χ0v) is 16.6. The minimum absolute atomic E-state index is 0.123. The quantitative estimate of drug-likeness (QED) is 0.595. The molecule has 29 heavy (non-hydrogen) atoms. The number of benzene rings is 2. The Balaban J connectivity index is 1.73. The summed E-state index contributed by atoms with van der Waals surface area (Å²) in [5.74, 6) is -0.477. The minimum Gasteiger partial charge on any atom is -0.488 e. The Morgan fingerprint density at radius 3 is 2.59 bits per heavy atom. The summed E-state index contributed by atoms with van der Waals surface area (Å²) in [6.07, 6.45) is 3.64. The fraction of sp³-hybridized carbons (Fsp3) is 0.261. The van der Waals surface area contributed by atoms with Crippen molar-refractivity contribution in [1.82, 2.24) is 4.98 Å². The van der Waals surface area contributed by atoms with Gasteiger partial charge in [-0.25, -0.2) is 9.78 Å². The number of para-hydroxylation sites is 1. The highest BCUT2D eigenvalue weighted by molar-refractivity contribution is 7.17. The van der Waals surface area contributed by atoms with E-state index in [1.54, 1.807) is 0 Å². The number of carboxylic acids is 1. The van der Waals surface area contributed by atoms with Gasteiger partial charge in [0.25, 0.3) is 0 Å². The lowest BCUT2D eigenvalue weighted by Gasteiger charge is -2.28. The molecule has 1 aromatic heterocycles. The molecule has 0 spiro atoms. The second kappa shape index (κ2) is 8.46. The minimum atomic E-state index is -0.997. The zero-order chi connectivity index (χ0) is 20.2. The molecule has 1 aliphatic rings. The van der Waals surface area contributed by atoms with Crippen LogP contribution in [-0.4, -0.2) is 22.2 Å². The number of carbonyl (C=O) groups is 1. The fourth-order valence-electron chi connectivity index (χ4n) is 3.67. The zero-order valence-electron chi connectivity index (χ0n) is 15.7. The van der Waals surface area contributed by atoms with Crippen molar-refractivity contribution in [2.24, 2.45) is 5.92 Å². The molecule has 4 rings (SSSR count). The number of aromatic carboxylic acids is 1. The summed E-state index contributed by atoms with van der Waals surface area (Å²) in [5.41, 5.74) is 1.98. The maximum atomic E-state index is 11.8. The SMILES string of the molecule is N#CC1CCCCC1Oc1ccccc1-c1nc(-c2ccccc2)c(C(=O)O)s1. The lowest BCUT2D eigenvalue weighted by atomic mass is 9.87. The van der Waals surface area contributed by atoms with E-state index in [0.29, 0.717) is 16.5 Å². The van der Waals surface area contributed by atoms with E-state index in [0.717, 1.165) is 48.1 Å². The highest BCUT2D eigenvalue weighted by atomic mass is 32.1. The van der Waals surface area contributed by atoms with Crippen molar-refractivity contribution in [2.45, 2.75) is 31.8 Å². The number of hydrogen-bond acceptors (Lipinski definition) is 5. The van der Waals surface area contributed by atoms with Crippen LogP contribution in [0.3, 0.4) is 0 Å². The highest BCUT2D eigenvalue weighted by Gasteiger charge is 2.28. The van der Waals surface area contributed by atoms with Crippen molar-refractivity contribution in [2.75, 3.05) is 0 Å². The molecule has 2 unspecified atom stereocenters. The molecule has 5 nitrogen and oxygen atoms in total. The molecule has 2 atom stereocenters. The van der Waals surface area contributed by atoms with Gasteiger partial charge in [-0.3, -0.25) is 0 Å². The van der Waals surface area contributed by atoms with Crippen molar-refractivity contribution >= 4 is 17.3 Å². The Morgan fingerprint density at radius 2 is 1.83 bits per heavy atom. The summed E-state index contributed by atoms with van der Waals surface area (Å²) in [6, 6.07) is 19.2. The van der Waals surface area contributed by atoms with Crippen LogP contribution in [0.5, 0.6) is 5.75 Å². The van der Waals surface area contributed by atoms with Crippen LogP contribution in [0.25, 0.3) is 21.8 Å². The summed E-state index contributed by atoms with van der Waals surface area (Å²) in [4.78, 5) is 16.7. The summed E-state index contributed by atoms with van der Waals surface area (Å²) >= 11 is 1.14. The van der Waals surface area contributed by atoms with Crippen molar-refractivity contribution in [3.63, 3.8) is 0 Å². The van der Waals surface area contributed by atoms with E-state index in [2.05, 4.69) is 11.1 Å². The molecule has 6 heteroatoms. The van der Waals surface area contributed by atoms with Gasteiger partial charge >= 0.3 is 5.97 Å². The largest absolute Gasteiger partial charge is 0.488 e. The standard InChI is InChI=1S/C23H20N2O3S/c24-14-16-10-4-6-12-18(16)28-19-13-7-5-11-17(19)22-25-20(21(29-22)23(26)27)15-8-2-1-3-9-15/h1-3,5,7-9,11,13,16,18H,4,6,10,12H2,(H,26,27). The molecule has 0 radical (unpaired) electrons. The van der Waals surface area contributed by atoms with Gasteiger partial charge in [0.15, 0.2) is 0 Å². The van der Waals surface area contributed by atoms with E-state index in [1.165, 1.54) is 0 Å². The summed E-state index contributed by atoms with van der Waals surface area (Å²) in [7, 11) is 0. The van der Waals surface area contributed by atoms with Crippen LogP contribution >= 0.6 is 11.3 Å². The third-order valence-corrected chi connectivity index (χ3v) is 6.21. The Bertz CT molecular complexity index is 1060. The van der Waals surface area contributed by atoms with E-state index in [4.69, 9.17) is 4.74 Å². The second-order valence-electron chi connectivity index (χ2n) is 7.04. The lowest BCUT2D eigenvalue weighted by molar-refractivity contribution is 0.0702. The van der Waals surface area contributed by atoms with Crippen molar-refractivity contribution in [1.29, 1.82) is 5.26 Å². The van der Waals surface area contributed by atoms with E-state index < -0.39 is 5.97 Å². The fourth-order valence-corrected chi connectivity index (χ4v) is 4.62. The number of nitrogens with zero attached hydrogens (tertiary/aromatic N) is 2. The van der Waals surface area contributed by atoms with Crippen LogP contribution in [0.1, 0.15) is 35.4 Å². The predicted molar refractivity (Wildman–Crippen MR) is 112 cm³/mol. The van der Waals surface area contributed by atoms with E-state index >= 15 is 0 Å². The molecule has 1 fully saturated rings. The average molecular weight is 404 g/mol. The maximum Gasteiger partial charge on any atom is 0.348 e. The third kappa shape index (κ3) is 4.01. The van der Waals surface area contributed by atoms with Crippen LogP contribution in [0, 0.1) is 17.2 Å². The third-order valence-electron chi connectivity index (χ3n) is 5.13. The normalized spacial score (nSPS) is 18.7. The second-order valence-corrected chi connectivity index (χ2v) is 8.04. The van der Waals surface area contributed by atoms with Gasteiger partial charge < -0.3 is 9.84 Å². The van der Waals surface area contributed by atoms with Crippen LogP contribution in [0.15, 0.2) is 54.6 Å². The van der Waals surface area contributed by atoms with Gasteiger partial charge in [0.2, 0.25) is 0 Å². The first-order chi connectivity index (χ1) is 14.2. The van der Waals surface area contributed by atoms with Gasteiger partial charge in [-0.2, -0.15) is 5.26 Å². The first-order valence-electron chi connectivity index (χ1n) is 9.62. The first-order valence-corrected chi connectivity index (χ1v) is 10.4. The summed E-state index contributed by atoms with van der Waals surface area (Å²) < 4.78 is 6.26. The van der Waals surface area contributed by atoms with Crippen molar-refractivity contribution in [3.8, 4) is 33.6 Å². The Labute approximate surface area is 173 Å². The van der Waals surface area contributed by atoms with Gasteiger partial charge in [-0.1, -0.05) is 48.9 Å².